The number of alkyl halides is 3. The smallest absolute Gasteiger partial charge is 0.389 e. The lowest BCUT2D eigenvalue weighted by Crippen LogP contribution is -2.06. The van der Waals surface area contributed by atoms with E-state index < -0.39 is 12.6 Å². The molecule has 0 aliphatic rings. The number of methoxy groups -OCH3 is 1. The second-order valence-corrected chi connectivity index (χ2v) is 6.27. The maximum absolute atomic E-state index is 12.0. The molecule has 0 saturated carbocycles. The van der Waals surface area contributed by atoms with Gasteiger partial charge in [-0.1, -0.05) is 44.2 Å². The number of rotatable bonds is 12. The van der Waals surface area contributed by atoms with Crippen molar-refractivity contribution >= 4 is 0 Å². The van der Waals surface area contributed by atoms with Gasteiger partial charge >= 0.3 is 6.18 Å². The molecule has 0 spiro atoms. The molecule has 2 nitrogen and oxygen atoms in total. The Hall–Kier alpha value is -1.23. The molecule has 0 fully saturated rings. The standard InChI is InChI=1S/C19H30F3NO/c1-24-18-15-16(10-11-17(18)12-14-23)9-7-5-3-2-4-6-8-13-19(20,21)22/h10-11,15H,2-9,12-14,23H2,1H3. The van der Waals surface area contributed by atoms with Crippen molar-refractivity contribution in [3.63, 3.8) is 0 Å². The number of benzene rings is 1. The highest BCUT2D eigenvalue weighted by Gasteiger charge is 2.25. The normalized spacial score (nSPS) is 11.7. The summed E-state index contributed by atoms with van der Waals surface area (Å²) in [6.45, 7) is 0.610. The predicted molar refractivity (Wildman–Crippen MR) is 92.4 cm³/mol. The van der Waals surface area contributed by atoms with Gasteiger partial charge in [0.1, 0.15) is 5.75 Å². The zero-order chi connectivity index (χ0) is 17.8. The van der Waals surface area contributed by atoms with Crippen LogP contribution in [-0.4, -0.2) is 19.8 Å². The van der Waals surface area contributed by atoms with E-state index >= 15 is 0 Å². The molecule has 0 aliphatic heterocycles. The van der Waals surface area contributed by atoms with Gasteiger partial charge in [0, 0.05) is 6.42 Å². The van der Waals surface area contributed by atoms with Crippen LogP contribution < -0.4 is 10.5 Å². The summed E-state index contributed by atoms with van der Waals surface area (Å²) in [5, 5.41) is 0. The highest BCUT2D eigenvalue weighted by molar-refractivity contribution is 5.37. The Kier molecular flexibility index (Phi) is 9.84. The molecule has 0 saturated heterocycles. The molecule has 0 atom stereocenters. The van der Waals surface area contributed by atoms with Crippen LogP contribution in [0.1, 0.15) is 62.5 Å². The first-order valence-electron chi connectivity index (χ1n) is 8.89. The molecule has 138 valence electrons. The van der Waals surface area contributed by atoms with Gasteiger partial charge in [-0.15, -0.1) is 0 Å². The van der Waals surface area contributed by atoms with Crippen molar-refractivity contribution in [2.24, 2.45) is 5.73 Å². The van der Waals surface area contributed by atoms with Crippen LogP contribution >= 0.6 is 0 Å². The van der Waals surface area contributed by atoms with Gasteiger partial charge in [-0.3, -0.25) is 0 Å². The summed E-state index contributed by atoms with van der Waals surface area (Å²) in [5.41, 5.74) is 7.99. The van der Waals surface area contributed by atoms with Crippen LogP contribution in [0.4, 0.5) is 13.2 Å². The van der Waals surface area contributed by atoms with E-state index in [1.807, 2.05) is 0 Å². The number of nitrogens with two attached hydrogens (primary N) is 1. The average molecular weight is 345 g/mol. The maximum Gasteiger partial charge on any atom is 0.389 e. The van der Waals surface area contributed by atoms with E-state index in [1.54, 1.807) is 7.11 Å². The van der Waals surface area contributed by atoms with Crippen LogP contribution in [0.2, 0.25) is 0 Å². The SMILES string of the molecule is COc1cc(CCCCCCCCCC(F)(F)F)ccc1CCN. The molecule has 5 heteroatoms. The van der Waals surface area contributed by atoms with Crippen LogP contribution in [0.5, 0.6) is 5.75 Å². The van der Waals surface area contributed by atoms with Crippen molar-refractivity contribution in [3.8, 4) is 5.75 Å². The fourth-order valence-corrected chi connectivity index (χ4v) is 2.84. The number of unbranched alkanes of at least 4 members (excludes halogenated alkanes) is 6. The van der Waals surface area contributed by atoms with Crippen molar-refractivity contribution in [2.45, 2.75) is 70.4 Å². The third kappa shape index (κ3) is 9.16. The summed E-state index contributed by atoms with van der Waals surface area (Å²) in [5.74, 6) is 0.905. The third-order valence-electron chi connectivity index (χ3n) is 4.19. The quantitative estimate of drug-likeness (QED) is 0.513. The number of aryl methyl sites for hydroxylation is 1. The summed E-state index contributed by atoms with van der Waals surface area (Å²) in [6.07, 6.45) is 3.36. The summed E-state index contributed by atoms with van der Waals surface area (Å²) in [7, 11) is 1.68. The lowest BCUT2D eigenvalue weighted by atomic mass is 10.0. The molecule has 1 aromatic rings. The second kappa shape index (κ2) is 11.3. The monoisotopic (exact) mass is 345 g/mol. The van der Waals surface area contributed by atoms with Gasteiger partial charge < -0.3 is 10.5 Å². The maximum atomic E-state index is 12.0. The topological polar surface area (TPSA) is 35.2 Å². The average Bonchev–Trinajstić information content (AvgIpc) is 2.53. The molecule has 0 unspecified atom stereocenters. The van der Waals surface area contributed by atoms with Crippen LogP contribution in [0.3, 0.4) is 0 Å². The van der Waals surface area contributed by atoms with E-state index in [-0.39, 0.29) is 6.42 Å². The zero-order valence-electron chi connectivity index (χ0n) is 14.6. The summed E-state index contributed by atoms with van der Waals surface area (Å²) >= 11 is 0. The van der Waals surface area contributed by atoms with Gasteiger partial charge in [-0.25, -0.2) is 0 Å². The molecule has 0 heterocycles. The lowest BCUT2D eigenvalue weighted by molar-refractivity contribution is -0.135. The fraction of sp³-hybridized carbons (Fsp3) is 0.684. The van der Waals surface area contributed by atoms with Gasteiger partial charge in [0.25, 0.3) is 0 Å². The minimum atomic E-state index is -4.00. The van der Waals surface area contributed by atoms with E-state index in [9.17, 15) is 13.2 Å². The Morgan fingerprint density at radius 3 is 2.12 bits per heavy atom. The van der Waals surface area contributed by atoms with Crippen LogP contribution in [0, 0.1) is 0 Å². The molecule has 0 radical (unpaired) electrons. The van der Waals surface area contributed by atoms with Crippen LogP contribution in [-0.2, 0) is 12.8 Å². The first-order valence-corrected chi connectivity index (χ1v) is 8.89. The van der Waals surface area contributed by atoms with Crippen molar-refractivity contribution in [1.29, 1.82) is 0 Å². The minimum Gasteiger partial charge on any atom is -0.496 e. The molecule has 0 bridgehead atoms. The molecule has 24 heavy (non-hydrogen) atoms. The molecular formula is C19H30F3NO. The number of hydrogen-bond acceptors (Lipinski definition) is 2. The Bertz CT molecular complexity index is 460. The van der Waals surface area contributed by atoms with Crippen LogP contribution in [0.15, 0.2) is 18.2 Å². The second-order valence-electron chi connectivity index (χ2n) is 6.27. The Morgan fingerprint density at radius 1 is 0.917 bits per heavy atom. The van der Waals surface area contributed by atoms with E-state index in [0.717, 1.165) is 56.3 Å². The van der Waals surface area contributed by atoms with Gasteiger partial charge in [-0.2, -0.15) is 13.2 Å². The Balaban J connectivity index is 2.13. The Morgan fingerprint density at radius 2 is 1.54 bits per heavy atom. The number of hydrogen-bond donors (Lipinski definition) is 1. The van der Waals surface area contributed by atoms with E-state index in [2.05, 4.69) is 18.2 Å². The minimum absolute atomic E-state index is 0.262. The summed E-state index contributed by atoms with van der Waals surface area (Å²) in [4.78, 5) is 0. The zero-order valence-corrected chi connectivity index (χ0v) is 14.6. The molecule has 2 N–H and O–H groups in total. The van der Waals surface area contributed by atoms with E-state index in [4.69, 9.17) is 10.5 Å². The summed E-state index contributed by atoms with van der Waals surface area (Å²) in [6, 6.07) is 6.30. The lowest BCUT2D eigenvalue weighted by Gasteiger charge is -2.10. The van der Waals surface area contributed by atoms with Gasteiger partial charge in [0.05, 0.1) is 7.11 Å². The highest BCUT2D eigenvalue weighted by Crippen LogP contribution is 2.24. The molecule has 0 aromatic heterocycles. The summed E-state index contributed by atoms with van der Waals surface area (Å²) < 4.78 is 41.4. The van der Waals surface area contributed by atoms with Gasteiger partial charge in [0.2, 0.25) is 0 Å². The van der Waals surface area contributed by atoms with Crippen LogP contribution in [0.25, 0.3) is 0 Å². The highest BCUT2D eigenvalue weighted by atomic mass is 19.4. The number of halogens is 3. The first kappa shape index (κ1) is 20.8. The van der Waals surface area contributed by atoms with Gasteiger partial charge in [-0.05, 0) is 49.4 Å². The number of ether oxygens (including phenoxy) is 1. The molecule has 0 aliphatic carbocycles. The van der Waals surface area contributed by atoms with Crippen molar-refractivity contribution in [1.82, 2.24) is 0 Å². The van der Waals surface area contributed by atoms with Crippen molar-refractivity contribution < 1.29 is 17.9 Å². The molecular weight excluding hydrogens is 315 g/mol. The van der Waals surface area contributed by atoms with Crippen molar-refractivity contribution in [3.05, 3.63) is 29.3 Å². The molecule has 1 rings (SSSR count). The van der Waals surface area contributed by atoms with E-state index in [0.29, 0.717) is 13.0 Å². The first-order chi connectivity index (χ1) is 11.5. The Labute approximate surface area is 143 Å². The predicted octanol–water partition coefficient (Wildman–Crippen LogP) is 5.42. The molecule has 0 amide bonds. The molecule has 1 aromatic carbocycles. The third-order valence-corrected chi connectivity index (χ3v) is 4.19. The van der Waals surface area contributed by atoms with Gasteiger partial charge in [0.15, 0.2) is 0 Å². The van der Waals surface area contributed by atoms with Crippen molar-refractivity contribution in [2.75, 3.05) is 13.7 Å². The van der Waals surface area contributed by atoms with E-state index in [1.165, 1.54) is 5.56 Å². The fourth-order valence-electron chi connectivity index (χ4n) is 2.84. The largest absolute Gasteiger partial charge is 0.496 e.